The average molecular weight is 276 g/mol. The Morgan fingerprint density at radius 2 is 2.21 bits per heavy atom. The van der Waals surface area contributed by atoms with Crippen LogP contribution in [-0.2, 0) is 0 Å². The van der Waals surface area contributed by atoms with E-state index in [1.165, 1.54) is 0 Å². The highest BCUT2D eigenvalue weighted by Gasteiger charge is 2.41. The van der Waals surface area contributed by atoms with Gasteiger partial charge in [-0.1, -0.05) is 18.5 Å². The molecule has 19 heavy (non-hydrogen) atoms. The molecule has 1 aromatic heterocycles. The number of hydrogen-bond acceptors (Lipinski definition) is 3. The van der Waals surface area contributed by atoms with Crippen molar-refractivity contribution in [2.75, 3.05) is 11.9 Å². The molecule has 0 bridgehead atoms. The van der Waals surface area contributed by atoms with E-state index in [9.17, 15) is 0 Å². The average Bonchev–Trinajstić information content (AvgIpc) is 2.40. The summed E-state index contributed by atoms with van der Waals surface area (Å²) in [6.45, 7) is 2.90. The predicted octanol–water partition coefficient (Wildman–Crippen LogP) is 3.43. The van der Waals surface area contributed by atoms with Crippen molar-refractivity contribution in [3.63, 3.8) is 0 Å². The first-order valence-corrected chi connectivity index (χ1v) is 7.03. The molecule has 0 amide bonds. The Morgan fingerprint density at radius 3 is 2.89 bits per heavy atom. The molecular weight excluding hydrogens is 258 g/mol. The Balaban J connectivity index is 2.00. The number of aromatic nitrogens is 1. The molecule has 0 atom stereocenters. The summed E-state index contributed by atoms with van der Waals surface area (Å²) in [5.74, 6) is 0.738. The number of nitrogens with two attached hydrogens (primary N) is 1. The predicted molar refractivity (Wildman–Crippen MR) is 80.6 cm³/mol. The summed E-state index contributed by atoms with van der Waals surface area (Å²) in [5, 5.41) is 5.31. The highest BCUT2D eigenvalue weighted by atomic mass is 35.5. The van der Waals surface area contributed by atoms with E-state index in [4.69, 9.17) is 17.3 Å². The van der Waals surface area contributed by atoms with E-state index in [-0.39, 0.29) is 5.54 Å². The Bertz CT molecular complexity index is 605. The van der Waals surface area contributed by atoms with Gasteiger partial charge in [-0.3, -0.25) is 4.98 Å². The van der Waals surface area contributed by atoms with Crippen molar-refractivity contribution in [1.29, 1.82) is 0 Å². The number of benzene rings is 1. The Hall–Kier alpha value is -1.32. The number of hydrogen-bond donors (Lipinski definition) is 2. The van der Waals surface area contributed by atoms with E-state index in [0.717, 1.165) is 40.4 Å². The minimum atomic E-state index is 0.0255. The van der Waals surface area contributed by atoms with Crippen LogP contribution in [0.15, 0.2) is 30.5 Å². The van der Waals surface area contributed by atoms with E-state index in [1.807, 2.05) is 24.3 Å². The zero-order valence-corrected chi connectivity index (χ0v) is 11.7. The zero-order valence-electron chi connectivity index (χ0n) is 11.0. The minimum absolute atomic E-state index is 0.0255. The Morgan fingerprint density at radius 1 is 1.42 bits per heavy atom. The maximum absolute atomic E-state index is 6.21. The Kier molecular flexibility index (Phi) is 3.11. The van der Waals surface area contributed by atoms with Crippen LogP contribution in [0.1, 0.15) is 19.8 Å². The molecule has 2 aromatic rings. The van der Waals surface area contributed by atoms with Crippen LogP contribution in [0.4, 0.5) is 5.69 Å². The van der Waals surface area contributed by atoms with Crippen LogP contribution in [-0.4, -0.2) is 17.1 Å². The zero-order chi connectivity index (χ0) is 13.5. The molecule has 3 nitrogen and oxygen atoms in total. The van der Waals surface area contributed by atoms with Crippen LogP contribution < -0.4 is 11.1 Å². The molecule has 1 aliphatic carbocycles. The summed E-state index contributed by atoms with van der Waals surface area (Å²) >= 11 is 6.21. The Labute approximate surface area is 118 Å². The van der Waals surface area contributed by atoms with Gasteiger partial charge in [-0.25, -0.2) is 0 Å². The number of pyridine rings is 1. The summed E-state index contributed by atoms with van der Waals surface area (Å²) in [6.07, 6.45) is 4.02. The fourth-order valence-electron chi connectivity index (χ4n) is 3.12. The van der Waals surface area contributed by atoms with Crippen molar-refractivity contribution in [2.24, 2.45) is 11.7 Å². The topological polar surface area (TPSA) is 50.9 Å². The van der Waals surface area contributed by atoms with E-state index in [0.29, 0.717) is 6.54 Å². The molecule has 1 aliphatic rings. The molecule has 0 aliphatic heterocycles. The third-order valence-corrected chi connectivity index (χ3v) is 4.32. The van der Waals surface area contributed by atoms with Gasteiger partial charge in [-0.15, -0.1) is 0 Å². The van der Waals surface area contributed by atoms with Crippen molar-refractivity contribution in [3.05, 3.63) is 35.5 Å². The van der Waals surface area contributed by atoms with Crippen LogP contribution in [0, 0.1) is 5.92 Å². The number of nitrogens with one attached hydrogen (secondary N) is 1. The van der Waals surface area contributed by atoms with Crippen molar-refractivity contribution < 1.29 is 0 Å². The third-order valence-electron chi connectivity index (χ3n) is 3.99. The molecule has 4 heteroatoms. The van der Waals surface area contributed by atoms with E-state index < -0.39 is 0 Å². The monoisotopic (exact) mass is 275 g/mol. The minimum Gasteiger partial charge on any atom is -0.377 e. The van der Waals surface area contributed by atoms with Crippen LogP contribution >= 0.6 is 11.6 Å². The van der Waals surface area contributed by atoms with E-state index in [2.05, 4.69) is 17.2 Å². The number of halogens is 1. The standard InChI is InChI=1S/C15H18ClN3/c1-10-7-15(8-10,9-17)19-13-5-4-12(16)11-3-2-6-18-14(11)13/h2-6,10,19H,7-9,17H2,1H3. The van der Waals surface area contributed by atoms with Gasteiger partial charge in [-0.05, 0) is 43.0 Å². The molecule has 1 heterocycles. The number of rotatable bonds is 3. The second kappa shape index (κ2) is 4.66. The van der Waals surface area contributed by atoms with Crippen LogP contribution in [0.2, 0.25) is 5.02 Å². The lowest BCUT2D eigenvalue weighted by Crippen LogP contribution is -2.54. The lowest BCUT2D eigenvalue weighted by atomic mass is 9.69. The van der Waals surface area contributed by atoms with Crippen molar-refractivity contribution in [3.8, 4) is 0 Å². The molecule has 3 N–H and O–H groups in total. The fourth-order valence-corrected chi connectivity index (χ4v) is 3.33. The van der Waals surface area contributed by atoms with Gasteiger partial charge in [0.15, 0.2) is 0 Å². The molecule has 1 saturated carbocycles. The summed E-state index contributed by atoms with van der Waals surface area (Å²) in [7, 11) is 0. The van der Waals surface area contributed by atoms with Gasteiger partial charge in [0.05, 0.1) is 21.8 Å². The maximum atomic E-state index is 6.21. The molecular formula is C15H18ClN3. The van der Waals surface area contributed by atoms with E-state index >= 15 is 0 Å². The van der Waals surface area contributed by atoms with Gasteiger partial charge < -0.3 is 11.1 Å². The number of anilines is 1. The molecule has 0 unspecified atom stereocenters. The lowest BCUT2D eigenvalue weighted by molar-refractivity contribution is 0.194. The van der Waals surface area contributed by atoms with Gasteiger partial charge in [0.2, 0.25) is 0 Å². The van der Waals surface area contributed by atoms with Crippen molar-refractivity contribution >= 4 is 28.2 Å². The SMILES string of the molecule is CC1CC(CN)(Nc2ccc(Cl)c3cccnc23)C1. The molecule has 3 rings (SSSR count). The first kappa shape index (κ1) is 12.7. The normalized spacial score (nSPS) is 26.2. The molecule has 0 saturated heterocycles. The van der Waals surface area contributed by atoms with Crippen LogP contribution in [0.25, 0.3) is 10.9 Å². The smallest absolute Gasteiger partial charge is 0.0948 e. The highest BCUT2D eigenvalue weighted by molar-refractivity contribution is 6.35. The third kappa shape index (κ3) is 2.17. The van der Waals surface area contributed by atoms with Crippen molar-refractivity contribution in [1.82, 2.24) is 4.98 Å². The maximum Gasteiger partial charge on any atom is 0.0948 e. The van der Waals surface area contributed by atoms with Crippen LogP contribution in [0.5, 0.6) is 0 Å². The highest BCUT2D eigenvalue weighted by Crippen LogP contribution is 2.41. The second-order valence-corrected chi connectivity index (χ2v) is 6.02. The summed E-state index contributed by atoms with van der Waals surface area (Å²) in [4.78, 5) is 4.45. The second-order valence-electron chi connectivity index (χ2n) is 5.62. The van der Waals surface area contributed by atoms with Crippen molar-refractivity contribution in [2.45, 2.75) is 25.3 Å². The largest absolute Gasteiger partial charge is 0.377 e. The summed E-state index contributed by atoms with van der Waals surface area (Å²) in [6, 6.07) is 7.81. The fraction of sp³-hybridized carbons (Fsp3) is 0.400. The van der Waals surface area contributed by atoms with E-state index in [1.54, 1.807) is 6.20 Å². The quantitative estimate of drug-likeness (QED) is 0.902. The number of nitrogens with zero attached hydrogens (tertiary/aromatic N) is 1. The molecule has 1 fully saturated rings. The molecule has 0 radical (unpaired) electrons. The van der Waals surface area contributed by atoms with Gasteiger partial charge in [0.1, 0.15) is 0 Å². The number of fused-ring (bicyclic) bond motifs is 1. The van der Waals surface area contributed by atoms with Gasteiger partial charge >= 0.3 is 0 Å². The molecule has 100 valence electrons. The first-order chi connectivity index (χ1) is 9.13. The van der Waals surface area contributed by atoms with Gasteiger partial charge in [0, 0.05) is 18.1 Å². The lowest BCUT2D eigenvalue weighted by Gasteiger charge is -2.47. The van der Waals surface area contributed by atoms with Gasteiger partial charge in [-0.2, -0.15) is 0 Å². The molecule has 1 aromatic carbocycles. The summed E-state index contributed by atoms with van der Waals surface area (Å²) in [5.41, 5.74) is 7.91. The summed E-state index contributed by atoms with van der Waals surface area (Å²) < 4.78 is 0. The van der Waals surface area contributed by atoms with Crippen LogP contribution in [0.3, 0.4) is 0 Å². The molecule has 0 spiro atoms. The van der Waals surface area contributed by atoms with Gasteiger partial charge in [0.25, 0.3) is 0 Å². The first-order valence-electron chi connectivity index (χ1n) is 6.65.